The van der Waals surface area contributed by atoms with E-state index in [1.54, 1.807) is 12.1 Å². The van der Waals surface area contributed by atoms with E-state index in [-0.39, 0.29) is 17.4 Å². The summed E-state index contributed by atoms with van der Waals surface area (Å²) in [4.78, 5) is 0. The molecule has 15 heavy (non-hydrogen) atoms. The second-order valence-corrected chi connectivity index (χ2v) is 4.59. The summed E-state index contributed by atoms with van der Waals surface area (Å²) in [6.45, 7) is 3.94. The van der Waals surface area contributed by atoms with Crippen LogP contribution in [0.15, 0.2) is 24.3 Å². The third-order valence-electron chi connectivity index (χ3n) is 2.33. The van der Waals surface area contributed by atoms with Gasteiger partial charge in [0.25, 0.3) is 0 Å². The highest BCUT2D eigenvalue weighted by atomic mass is 19.1. The van der Waals surface area contributed by atoms with Crippen LogP contribution >= 0.6 is 0 Å². The number of hydrogen-bond acceptors (Lipinski definition) is 2. The summed E-state index contributed by atoms with van der Waals surface area (Å²) in [6, 6.07) is 6.73. The number of nitrogens with two attached hydrogens (primary N) is 1. The average molecular weight is 210 g/mol. The fraction of sp³-hybridized carbons (Fsp3) is 0.500. The zero-order valence-corrected chi connectivity index (χ0v) is 9.55. The Morgan fingerprint density at radius 3 is 2.60 bits per heavy atom. The van der Waals surface area contributed by atoms with Gasteiger partial charge in [0.05, 0.1) is 0 Å². The van der Waals surface area contributed by atoms with Gasteiger partial charge in [0.15, 0.2) is 0 Å². The lowest BCUT2D eigenvalue weighted by Crippen LogP contribution is -2.36. The summed E-state index contributed by atoms with van der Waals surface area (Å²) >= 11 is 0. The molecule has 1 atom stereocenters. The number of rotatable bonds is 4. The van der Waals surface area contributed by atoms with Crippen molar-refractivity contribution in [1.29, 1.82) is 0 Å². The molecule has 1 rings (SSSR count). The summed E-state index contributed by atoms with van der Waals surface area (Å²) in [5.41, 5.74) is 6.63. The van der Waals surface area contributed by atoms with E-state index in [1.165, 1.54) is 6.07 Å². The molecule has 3 N–H and O–H groups in total. The van der Waals surface area contributed by atoms with Gasteiger partial charge in [0.2, 0.25) is 0 Å². The number of benzene rings is 1. The van der Waals surface area contributed by atoms with Gasteiger partial charge in [-0.15, -0.1) is 0 Å². The normalized spacial score (nSPS) is 13.9. The monoisotopic (exact) mass is 210 g/mol. The van der Waals surface area contributed by atoms with Crippen LogP contribution in [0.2, 0.25) is 0 Å². The molecular formula is C12H19FN2. The van der Waals surface area contributed by atoms with E-state index in [4.69, 9.17) is 5.73 Å². The molecule has 0 heterocycles. The van der Waals surface area contributed by atoms with Gasteiger partial charge in [0.1, 0.15) is 5.82 Å². The second kappa shape index (κ2) is 4.73. The molecule has 84 valence electrons. The van der Waals surface area contributed by atoms with Crippen LogP contribution in [0.25, 0.3) is 0 Å². The quantitative estimate of drug-likeness (QED) is 0.799. The van der Waals surface area contributed by atoms with Crippen molar-refractivity contribution in [3.8, 4) is 0 Å². The van der Waals surface area contributed by atoms with Crippen molar-refractivity contribution in [2.75, 3.05) is 7.05 Å². The smallest absolute Gasteiger partial charge is 0.123 e. The molecular weight excluding hydrogens is 191 g/mol. The zero-order chi connectivity index (χ0) is 11.5. The van der Waals surface area contributed by atoms with Crippen molar-refractivity contribution in [2.45, 2.75) is 31.8 Å². The number of nitrogens with one attached hydrogen (secondary N) is 1. The Labute approximate surface area is 90.7 Å². The van der Waals surface area contributed by atoms with Crippen molar-refractivity contribution in [2.24, 2.45) is 5.73 Å². The third kappa shape index (κ3) is 3.98. The molecule has 0 aromatic heterocycles. The van der Waals surface area contributed by atoms with Crippen LogP contribution in [-0.4, -0.2) is 12.6 Å². The Balaban J connectivity index is 2.83. The lowest BCUT2D eigenvalue weighted by atomic mass is 9.92. The number of halogens is 1. The van der Waals surface area contributed by atoms with Crippen molar-refractivity contribution in [3.05, 3.63) is 35.6 Å². The van der Waals surface area contributed by atoms with Crippen molar-refractivity contribution >= 4 is 0 Å². The van der Waals surface area contributed by atoms with Gasteiger partial charge in [-0.2, -0.15) is 0 Å². The van der Waals surface area contributed by atoms with Gasteiger partial charge >= 0.3 is 0 Å². The molecule has 0 saturated heterocycles. The predicted molar refractivity (Wildman–Crippen MR) is 61.1 cm³/mol. The summed E-state index contributed by atoms with van der Waals surface area (Å²) in [7, 11) is 1.86. The van der Waals surface area contributed by atoms with Gasteiger partial charge in [-0.05, 0) is 45.0 Å². The molecule has 1 aromatic carbocycles. The SMILES string of the molecule is CNC(CC(C)(C)N)c1cccc(F)c1. The minimum Gasteiger partial charge on any atom is -0.325 e. The fourth-order valence-electron chi connectivity index (χ4n) is 1.64. The first kappa shape index (κ1) is 12.1. The van der Waals surface area contributed by atoms with Crippen LogP contribution in [0.1, 0.15) is 31.9 Å². The van der Waals surface area contributed by atoms with Crippen molar-refractivity contribution < 1.29 is 4.39 Å². The molecule has 0 spiro atoms. The highest BCUT2D eigenvalue weighted by Crippen LogP contribution is 2.22. The molecule has 3 heteroatoms. The Morgan fingerprint density at radius 2 is 2.13 bits per heavy atom. The summed E-state index contributed by atoms with van der Waals surface area (Å²) in [6.07, 6.45) is 0.771. The highest BCUT2D eigenvalue weighted by molar-refractivity contribution is 5.20. The summed E-state index contributed by atoms with van der Waals surface area (Å²) in [5.74, 6) is -0.206. The van der Waals surface area contributed by atoms with Gasteiger partial charge in [-0.1, -0.05) is 12.1 Å². The van der Waals surface area contributed by atoms with E-state index in [1.807, 2.05) is 27.0 Å². The maximum absolute atomic E-state index is 13.0. The Hall–Kier alpha value is -0.930. The van der Waals surface area contributed by atoms with E-state index < -0.39 is 0 Å². The minimum atomic E-state index is -0.264. The first-order valence-corrected chi connectivity index (χ1v) is 5.14. The first-order chi connectivity index (χ1) is 6.92. The summed E-state index contributed by atoms with van der Waals surface area (Å²) < 4.78 is 13.0. The first-order valence-electron chi connectivity index (χ1n) is 5.14. The van der Waals surface area contributed by atoms with Gasteiger partial charge < -0.3 is 11.1 Å². The van der Waals surface area contributed by atoms with E-state index in [0.29, 0.717) is 0 Å². The standard InChI is InChI=1S/C12H19FN2/c1-12(2,14)8-11(15-3)9-5-4-6-10(13)7-9/h4-7,11,15H,8,14H2,1-3H3. The predicted octanol–water partition coefficient (Wildman–Crippen LogP) is 2.21. The maximum Gasteiger partial charge on any atom is 0.123 e. The molecule has 0 radical (unpaired) electrons. The van der Waals surface area contributed by atoms with E-state index in [0.717, 1.165) is 12.0 Å². The van der Waals surface area contributed by atoms with Gasteiger partial charge in [-0.25, -0.2) is 4.39 Å². The Kier molecular flexibility index (Phi) is 3.83. The highest BCUT2D eigenvalue weighted by Gasteiger charge is 2.19. The molecule has 2 nitrogen and oxygen atoms in total. The lowest BCUT2D eigenvalue weighted by Gasteiger charge is -2.26. The third-order valence-corrected chi connectivity index (χ3v) is 2.33. The molecule has 0 aliphatic rings. The molecule has 1 aromatic rings. The molecule has 0 aliphatic heterocycles. The minimum absolute atomic E-state index is 0.0979. The average Bonchev–Trinajstić information content (AvgIpc) is 2.13. The van der Waals surface area contributed by atoms with Crippen LogP contribution in [0.3, 0.4) is 0 Å². The van der Waals surface area contributed by atoms with Gasteiger partial charge in [-0.3, -0.25) is 0 Å². The second-order valence-electron chi connectivity index (χ2n) is 4.59. The molecule has 0 fully saturated rings. The largest absolute Gasteiger partial charge is 0.325 e. The fourth-order valence-corrected chi connectivity index (χ4v) is 1.64. The van der Waals surface area contributed by atoms with E-state index >= 15 is 0 Å². The van der Waals surface area contributed by atoms with Crippen molar-refractivity contribution in [1.82, 2.24) is 5.32 Å². The van der Waals surface area contributed by atoms with Crippen LogP contribution in [0.4, 0.5) is 4.39 Å². The van der Waals surface area contributed by atoms with Crippen LogP contribution in [-0.2, 0) is 0 Å². The molecule has 1 unspecified atom stereocenters. The van der Waals surface area contributed by atoms with Crippen LogP contribution < -0.4 is 11.1 Å². The van der Waals surface area contributed by atoms with Gasteiger partial charge in [0, 0.05) is 11.6 Å². The maximum atomic E-state index is 13.0. The summed E-state index contributed by atoms with van der Waals surface area (Å²) in [5, 5.41) is 3.16. The lowest BCUT2D eigenvalue weighted by molar-refractivity contribution is 0.395. The Morgan fingerprint density at radius 1 is 1.47 bits per heavy atom. The van der Waals surface area contributed by atoms with E-state index in [2.05, 4.69) is 5.32 Å². The van der Waals surface area contributed by atoms with Crippen LogP contribution in [0.5, 0.6) is 0 Å². The molecule has 0 amide bonds. The molecule has 0 aliphatic carbocycles. The topological polar surface area (TPSA) is 38.0 Å². The van der Waals surface area contributed by atoms with E-state index in [9.17, 15) is 4.39 Å². The molecule has 0 bridgehead atoms. The number of hydrogen-bond donors (Lipinski definition) is 2. The Bertz CT molecular complexity index is 318. The van der Waals surface area contributed by atoms with Crippen LogP contribution in [0, 0.1) is 5.82 Å². The molecule has 0 saturated carbocycles. The zero-order valence-electron chi connectivity index (χ0n) is 9.55. The van der Waals surface area contributed by atoms with Crippen molar-refractivity contribution in [3.63, 3.8) is 0 Å².